The van der Waals surface area contributed by atoms with Gasteiger partial charge in [-0.1, -0.05) is 64.8 Å². The summed E-state index contributed by atoms with van der Waals surface area (Å²) < 4.78 is 5.52. The van der Waals surface area contributed by atoms with Crippen molar-refractivity contribution in [3.63, 3.8) is 0 Å². The Morgan fingerprint density at radius 2 is 1.70 bits per heavy atom. The minimum Gasteiger partial charge on any atom is -0.337 e. The molecule has 0 aliphatic heterocycles. The number of benzene rings is 2. The van der Waals surface area contributed by atoms with Crippen LogP contribution >= 0.6 is 23.2 Å². The molecule has 30 heavy (non-hydrogen) atoms. The molecule has 4 aromatic rings. The van der Waals surface area contributed by atoms with E-state index < -0.39 is 0 Å². The maximum absolute atomic E-state index is 12.6. The van der Waals surface area contributed by atoms with Gasteiger partial charge in [0.05, 0.1) is 15.6 Å². The molecule has 0 bridgehead atoms. The molecule has 7 heteroatoms. The van der Waals surface area contributed by atoms with Crippen molar-refractivity contribution < 1.29 is 9.32 Å². The molecule has 1 amide bonds. The zero-order chi connectivity index (χ0) is 20.9. The highest BCUT2D eigenvalue weighted by molar-refractivity contribution is 6.42. The third kappa shape index (κ3) is 4.53. The Morgan fingerprint density at radius 1 is 0.933 bits per heavy atom. The number of halogens is 2. The summed E-state index contributed by atoms with van der Waals surface area (Å²) in [5, 5.41) is 7.90. The lowest BCUT2D eigenvalue weighted by molar-refractivity contribution is -0.116. The van der Waals surface area contributed by atoms with Crippen LogP contribution in [0.3, 0.4) is 0 Å². The van der Waals surface area contributed by atoms with Gasteiger partial charge in [0, 0.05) is 24.4 Å². The Labute approximate surface area is 183 Å². The van der Waals surface area contributed by atoms with E-state index in [4.69, 9.17) is 27.7 Å². The van der Waals surface area contributed by atoms with E-state index in [0.29, 0.717) is 34.1 Å². The number of hydrogen-bond donors (Lipinski definition) is 1. The Hall–Kier alpha value is -3.15. The first-order chi connectivity index (χ1) is 14.6. The normalized spacial score (nSPS) is 10.7. The average Bonchev–Trinajstić information content (AvgIpc) is 3.19. The summed E-state index contributed by atoms with van der Waals surface area (Å²) in [7, 11) is 0. The molecule has 0 unspecified atom stereocenters. The summed E-state index contributed by atoms with van der Waals surface area (Å²) in [6.07, 6.45) is 4.29. The van der Waals surface area contributed by atoms with E-state index in [1.165, 1.54) is 0 Å². The Kier molecular flexibility index (Phi) is 6.12. The number of hydrogen-bond acceptors (Lipinski definition) is 4. The second-order valence-electron chi connectivity index (χ2n) is 6.63. The SMILES string of the molecule is O=C(CCc1ccccc1)Nc1onc(-c2ccc(Cl)c(Cl)c2)c1-c1ccncc1. The van der Waals surface area contributed by atoms with Crippen molar-refractivity contribution in [1.82, 2.24) is 10.1 Å². The van der Waals surface area contributed by atoms with E-state index in [-0.39, 0.29) is 11.8 Å². The van der Waals surface area contributed by atoms with Crippen LogP contribution in [0.4, 0.5) is 5.88 Å². The van der Waals surface area contributed by atoms with E-state index in [1.807, 2.05) is 42.5 Å². The van der Waals surface area contributed by atoms with E-state index in [0.717, 1.165) is 16.7 Å². The van der Waals surface area contributed by atoms with Crippen LogP contribution in [0.2, 0.25) is 10.0 Å². The van der Waals surface area contributed by atoms with Crippen molar-refractivity contribution in [2.75, 3.05) is 5.32 Å². The number of nitrogens with one attached hydrogen (secondary N) is 1. The number of pyridine rings is 1. The molecule has 0 atom stereocenters. The standard InChI is InChI=1S/C23H17Cl2N3O2/c24-18-8-7-17(14-19(18)25)22-21(16-10-12-26-13-11-16)23(30-28-22)27-20(29)9-6-15-4-2-1-3-5-15/h1-5,7-8,10-14H,6,9H2,(H,27,29). The van der Waals surface area contributed by atoms with Gasteiger partial charge in [-0.2, -0.15) is 0 Å². The maximum atomic E-state index is 12.6. The zero-order valence-corrected chi connectivity index (χ0v) is 17.3. The Morgan fingerprint density at radius 3 is 2.43 bits per heavy atom. The van der Waals surface area contributed by atoms with Gasteiger partial charge in [-0.3, -0.25) is 15.1 Å². The molecule has 2 aromatic heterocycles. The van der Waals surface area contributed by atoms with Crippen LogP contribution in [0.5, 0.6) is 0 Å². The fraction of sp³-hybridized carbons (Fsp3) is 0.0870. The molecule has 0 aliphatic carbocycles. The van der Waals surface area contributed by atoms with Crippen molar-refractivity contribution in [2.24, 2.45) is 0 Å². The average molecular weight is 438 g/mol. The van der Waals surface area contributed by atoms with Crippen LogP contribution in [0, 0.1) is 0 Å². The molecule has 0 aliphatic rings. The van der Waals surface area contributed by atoms with Crippen molar-refractivity contribution >= 4 is 35.0 Å². The number of amides is 1. The van der Waals surface area contributed by atoms with Crippen LogP contribution in [0.25, 0.3) is 22.4 Å². The molecule has 2 heterocycles. The lowest BCUT2D eigenvalue weighted by atomic mass is 10.0. The molecule has 0 spiro atoms. The number of anilines is 1. The summed E-state index contributed by atoms with van der Waals surface area (Å²) in [5.74, 6) is 0.117. The number of carbonyl (C=O) groups is 1. The van der Waals surface area contributed by atoms with Gasteiger partial charge < -0.3 is 4.52 Å². The highest BCUT2D eigenvalue weighted by atomic mass is 35.5. The molecular weight excluding hydrogens is 421 g/mol. The first-order valence-electron chi connectivity index (χ1n) is 9.31. The van der Waals surface area contributed by atoms with Crippen LogP contribution in [-0.2, 0) is 11.2 Å². The van der Waals surface area contributed by atoms with Crippen LogP contribution in [-0.4, -0.2) is 16.0 Å². The van der Waals surface area contributed by atoms with E-state index >= 15 is 0 Å². The van der Waals surface area contributed by atoms with Crippen LogP contribution < -0.4 is 5.32 Å². The summed E-state index contributed by atoms with van der Waals surface area (Å²) in [4.78, 5) is 16.6. The van der Waals surface area contributed by atoms with Crippen molar-refractivity contribution in [3.05, 3.63) is 88.7 Å². The van der Waals surface area contributed by atoms with Crippen molar-refractivity contribution in [2.45, 2.75) is 12.8 Å². The zero-order valence-electron chi connectivity index (χ0n) is 15.8. The Balaban J connectivity index is 1.63. The summed E-state index contributed by atoms with van der Waals surface area (Å²) in [6.45, 7) is 0. The molecule has 0 fully saturated rings. The summed E-state index contributed by atoms with van der Waals surface area (Å²) >= 11 is 12.2. The van der Waals surface area contributed by atoms with Gasteiger partial charge in [-0.15, -0.1) is 0 Å². The molecule has 1 N–H and O–H groups in total. The molecule has 150 valence electrons. The summed E-state index contributed by atoms with van der Waals surface area (Å²) in [6, 6.07) is 18.7. The van der Waals surface area contributed by atoms with Crippen LogP contribution in [0.1, 0.15) is 12.0 Å². The molecule has 2 aromatic carbocycles. The van der Waals surface area contributed by atoms with E-state index in [9.17, 15) is 4.79 Å². The number of nitrogens with zero attached hydrogens (tertiary/aromatic N) is 2. The van der Waals surface area contributed by atoms with E-state index in [1.54, 1.807) is 30.6 Å². The topological polar surface area (TPSA) is 68.0 Å². The quantitative estimate of drug-likeness (QED) is 0.385. The monoisotopic (exact) mass is 437 g/mol. The van der Waals surface area contributed by atoms with Gasteiger partial charge in [0.25, 0.3) is 0 Å². The van der Waals surface area contributed by atoms with Gasteiger partial charge >= 0.3 is 0 Å². The maximum Gasteiger partial charge on any atom is 0.239 e. The second-order valence-corrected chi connectivity index (χ2v) is 7.45. The fourth-order valence-electron chi connectivity index (χ4n) is 3.09. The molecule has 5 nitrogen and oxygen atoms in total. The largest absolute Gasteiger partial charge is 0.337 e. The smallest absolute Gasteiger partial charge is 0.239 e. The van der Waals surface area contributed by atoms with Crippen molar-refractivity contribution in [3.8, 4) is 22.4 Å². The van der Waals surface area contributed by atoms with E-state index in [2.05, 4.69) is 15.5 Å². The lowest BCUT2D eigenvalue weighted by Crippen LogP contribution is -2.12. The highest BCUT2D eigenvalue weighted by Crippen LogP contribution is 2.39. The number of aromatic nitrogens is 2. The first kappa shape index (κ1) is 20.1. The fourth-order valence-corrected chi connectivity index (χ4v) is 3.39. The molecule has 0 saturated carbocycles. The lowest BCUT2D eigenvalue weighted by Gasteiger charge is -2.07. The highest BCUT2D eigenvalue weighted by Gasteiger charge is 2.21. The minimum absolute atomic E-state index is 0.161. The van der Waals surface area contributed by atoms with Gasteiger partial charge in [0.1, 0.15) is 5.69 Å². The minimum atomic E-state index is -0.161. The molecule has 4 rings (SSSR count). The van der Waals surface area contributed by atoms with Gasteiger partial charge in [-0.05, 0) is 41.8 Å². The third-order valence-corrected chi connectivity index (χ3v) is 5.33. The van der Waals surface area contributed by atoms with Crippen LogP contribution in [0.15, 0.2) is 77.6 Å². The third-order valence-electron chi connectivity index (χ3n) is 4.59. The molecule has 0 radical (unpaired) electrons. The number of carbonyl (C=O) groups excluding carboxylic acids is 1. The van der Waals surface area contributed by atoms with Gasteiger partial charge in [0.2, 0.25) is 11.8 Å². The molecule has 0 saturated heterocycles. The molecular formula is C23H17Cl2N3O2. The second kappa shape index (κ2) is 9.11. The first-order valence-corrected chi connectivity index (χ1v) is 10.1. The predicted molar refractivity (Wildman–Crippen MR) is 119 cm³/mol. The predicted octanol–water partition coefficient (Wildman–Crippen LogP) is 6.28. The van der Waals surface area contributed by atoms with Crippen molar-refractivity contribution in [1.29, 1.82) is 0 Å². The summed E-state index contributed by atoms with van der Waals surface area (Å²) in [5.41, 5.74) is 3.84. The van der Waals surface area contributed by atoms with Gasteiger partial charge in [0.15, 0.2) is 0 Å². The van der Waals surface area contributed by atoms with Gasteiger partial charge in [-0.25, -0.2) is 0 Å². The number of rotatable bonds is 6. The number of aryl methyl sites for hydroxylation is 1. The Bertz CT molecular complexity index is 1160.